The minimum atomic E-state index is 0.673. The SMILES string of the molecule is NNCCCCCCCCNN.NOCCCCCCCCON. The first kappa shape index (κ1) is 25.9. The van der Waals surface area contributed by atoms with Crippen LogP contribution in [-0.2, 0) is 9.68 Å². The molecule has 24 heavy (non-hydrogen) atoms. The van der Waals surface area contributed by atoms with Crippen molar-refractivity contribution in [3.63, 3.8) is 0 Å². The lowest BCUT2D eigenvalue weighted by Crippen LogP contribution is -2.23. The number of hydrogen-bond acceptors (Lipinski definition) is 8. The first-order valence-electron chi connectivity index (χ1n) is 9.33. The second kappa shape index (κ2) is 27.5. The summed E-state index contributed by atoms with van der Waals surface area (Å²) in [6.45, 7) is 3.21. The van der Waals surface area contributed by atoms with Crippen molar-refractivity contribution in [1.82, 2.24) is 10.9 Å². The zero-order valence-corrected chi connectivity index (χ0v) is 15.4. The Morgan fingerprint density at radius 3 is 1.04 bits per heavy atom. The van der Waals surface area contributed by atoms with Gasteiger partial charge in [0.15, 0.2) is 0 Å². The second-order valence-corrected chi connectivity index (χ2v) is 5.89. The molecule has 0 radical (unpaired) electrons. The second-order valence-electron chi connectivity index (χ2n) is 5.89. The van der Waals surface area contributed by atoms with Crippen LogP contribution in [0.1, 0.15) is 77.0 Å². The first-order chi connectivity index (χ1) is 11.8. The number of hydrazine groups is 2. The van der Waals surface area contributed by atoms with Crippen LogP contribution in [0.4, 0.5) is 0 Å². The van der Waals surface area contributed by atoms with Gasteiger partial charge in [0.1, 0.15) is 0 Å². The Labute approximate surface area is 148 Å². The third-order valence-corrected chi connectivity index (χ3v) is 3.67. The highest BCUT2D eigenvalue weighted by Crippen LogP contribution is 2.05. The molecule has 0 amide bonds. The van der Waals surface area contributed by atoms with Crippen LogP contribution in [-0.4, -0.2) is 26.3 Å². The summed E-state index contributed by atoms with van der Waals surface area (Å²) in [5.74, 6) is 20.0. The molecule has 0 aromatic rings. The maximum absolute atomic E-state index is 5.14. The third-order valence-electron chi connectivity index (χ3n) is 3.67. The predicted octanol–water partition coefficient (Wildman–Crippen LogP) is 1.36. The van der Waals surface area contributed by atoms with Gasteiger partial charge in [-0.25, -0.2) is 11.8 Å². The van der Waals surface area contributed by atoms with Crippen LogP contribution < -0.4 is 34.3 Å². The summed E-state index contributed by atoms with van der Waals surface area (Å²) in [7, 11) is 0. The highest BCUT2D eigenvalue weighted by Gasteiger charge is 1.91. The van der Waals surface area contributed by atoms with Crippen LogP contribution in [0.25, 0.3) is 0 Å². The first-order valence-corrected chi connectivity index (χ1v) is 9.33. The predicted molar refractivity (Wildman–Crippen MR) is 100 cm³/mol. The summed E-state index contributed by atoms with van der Waals surface area (Å²) in [6, 6.07) is 0. The Morgan fingerprint density at radius 2 is 0.750 bits per heavy atom. The van der Waals surface area contributed by atoms with Crippen molar-refractivity contribution in [1.29, 1.82) is 0 Å². The molecule has 0 aliphatic heterocycles. The highest BCUT2D eigenvalue weighted by molar-refractivity contribution is 4.47. The fourth-order valence-electron chi connectivity index (χ4n) is 2.24. The topological polar surface area (TPSA) is 147 Å². The number of unbranched alkanes of at least 4 members (excludes halogenated alkanes) is 10. The molecule has 0 aromatic carbocycles. The molecular weight excluding hydrogens is 308 g/mol. The Bertz CT molecular complexity index is 161. The van der Waals surface area contributed by atoms with Gasteiger partial charge in [0.05, 0.1) is 13.2 Å². The Morgan fingerprint density at radius 1 is 0.458 bits per heavy atom. The van der Waals surface area contributed by atoms with E-state index < -0.39 is 0 Å². The van der Waals surface area contributed by atoms with Crippen LogP contribution in [0.15, 0.2) is 0 Å². The lowest BCUT2D eigenvalue weighted by molar-refractivity contribution is 0.130. The fraction of sp³-hybridized carbons (Fsp3) is 1.00. The number of nitrogens with one attached hydrogen (secondary N) is 2. The molecule has 8 heteroatoms. The molecule has 8 nitrogen and oxygen atoms in total. The van der Waals surface area contributed by atoms with Gasteiger partial charge in [-0.15, -0.1) is 0 Å². The quantitative estimate of drug-likeness (QED) is 0.123. The van der Waals surface area contributed by atoms with E-state index in [1.807, 2.05) is 0 Å². The van der Waals surface area contributed by atoms with Crippen LogP contribution in [0.3, 0.4) is 0 Å². The number of nitrogens with two attached hydrogens (primary N) is 4. The van der Waals surface area contributed by atoms with E-state index in [2.05, 4.69) is 20.5 Å². The monoisotopic (exact) mass is 350 g/mol. The van der Waals surface area contributed by atoms with Crippen molar-refractivity contribution in [2.75, 3.05) is 26.3 Å². The molecule has 0 bridgehead atoms. The van der Waals surface area contributed by atoms with Gasteiger partial charge in [-0.05, 0) is 25.7 Å². The van der Waals surface area contributed by atoms with Crippen molar-refractivity contribution in [2.24, 2.45) is 23.5 Å². The van der Waals surface area contributed by atoms with Crippen molar-refractivity contribution in [3.8, 4) is 0 Å². The molecule has 0 fully saturated rings. The Kier molecular flexibility index (Phi) is 29.7. The van der Waals surface area contributed by atoms with E-state index in [1.54, 1.807) is 0 Å². The summed E-state index contributed by atoms with van der Waals surface area (Å²) in [6.07, 6.45) is 14.5. The van der Waals surface area contributed by atoms with Gasteiger partial charge in [-0.2, -0.15) is 0 Å². The number of hydrogen-bond donors (Lipinski definition) is 6. The van der Waals surface area contributed by atoms with Gasteiger partial charge in [0, 0.05) is 13.1 Å². The van der Waals surface area contributed by atoms with E-state index in [0.29, 0.717) is 13.2 Å². The van der Waals surface area contributed by atoms with E-state index in [-0.39, 0.29) is 0 Å². The Balaban J connectivity index is 0. The molecule has 0 heterocycles. The lowest BCUT2D eigenvalue weighted by Gasteiger charge is -2.01. The molecule has 0 atom stereocenters. The van der Waals surface area contributed by atoms with Crippen LogP contribution in [0.5, 0.6) is 0 Å². The molecule has 0 saturated heterocycles. The van der Waals surface area contributed by atoms with Crippen molar-refractivity contribution < 1.29 is 9.68 Å². The van der Waals surface area contributed by atoms with Gasteiger partial charge >= 0.3 is 0 Å². The van der Waals surface area contributed by atoms with Crippen LogP contribution in [0, 0.1) is 0 Å². The fourth-order valence-corrected chi connectivity index (χ4v) is 2.24. The van der Waals surface area contributed by atoms with Gasteiger partial charge in [-0.3, -0.25) is 22.5 Å². The van der Waals surface area contributed by atoms with Crippen LogP contribution >= 0.6 is 0 Å². The van der Waals surface area contributed by atoms with E-state index in [1.165, 1.54) is 64.2 Å². The molecule has 0 saturated carbocycles. The maximum atomic E-state index is 5.14. The molecule has 0 aliphatic rings. The Hall–Kier alpha value is -0.320. The zero-order valence-electron chi connectivity index (χ0n) is 15.4. The largest absolute Gasteiger partial charge is 0.305 e. The molecule has 0 spiro atoms. The third kappa shape index (κ3) is 29.7. The van der Waals surface area contributed by atoms with Gasteiger partial charge in [0.2, 0.25) is 0 Å². The summed E-state index contributed by atoms with van der Waals surface area (Å²) in [4.78, 5) is 8.90. The highest BCUT2D eigenvalue weighted by atomic mass is 16.6. The summed E-state index contributed by atoms with van der Waals surface area (Å²) in [5, 5.41) is 0. The number of rotatable bonds is 18. The molecule has 0 aromatic heterocycles. The van der Waals surface area contributed by atoms with E-state index >= 15 is 0 Å². The molecule has 10 N–H and O–H groups in total. The lowest BCUT2D eigenvalue weighted by atomic mass is 10.1. The van der Waals surface area contributed by atoms with E-state index in [4.69, 9.17) is 23.5 Å². The molecule has 0 rings (SSSR count). The smallest absolute Gasteiger partial charge is 0.0679 e. The molecule has 0 unspecified atom stereocenters. The normalized spacial score (nSPS) is 10.5. The average Bonchev–Trinajstić information content (AvgIpc) is 2.60. The summed E-state index contributed by atoms with van der Waals surface area (Å²) >= 11 is 0. The minimum absolute atomic E-state index is 0.673. The standard InChI is InChI=1S/C8H22N4.C8H20N2O2/c2*9-11-7-5-3-1-2-4-6-8-12-10/h11-12H,1-10H2;1-10H2. The van der Waals surface area contributed by atoms with Crippen molar-refractivity contribution in [2.45, 2.75) is 77.0 Å². The van der Waals surface area contributed by atoms with Crippen LogP contribution in [0.2, 0.25) is 0 Å². The zero-order chi connectivity index (χ0) is 18.1. The molecular formula is C16H42N6O2. The van der Waals surface area contributed by atoms with E-state index in [0.717, 1.165) is 25.9 Å². The molecule has 0 aliphatic carbocycles. The maximum Gasteiger partial charge on any atom is 0.0679 e. The minimum Gasteiger partial charge on any atom is -0.305 e. The molecule has 148 valence electrons. The van der Waals surface area contributed by atoms with Crippen molar-refractivity contribution in [3.05, 3.63) is 0 Å². The van der Waals surface area contributed by atoms with Crippen molar-refractivity contribution >= 4 is 0 Å². The van der Waals surface area contributed by atoms with Gasteiger partial charge in [-0.1, -0.05) is 51.4 Å². The summed E-state index contributed by atoms with van der Waals surface area (Å²) in [5.41, 5.74) is 5.30. The van der Waals surface area contributed by atoms with Gasteiger partial charge < -0.3 is 9.68 Å². The average molecular weight is 351 g/mol. The van der Waals surface area contributed by atoms with E-state index in [9.17, 15) is 0 Å². The van der Waals surface area contributed by atoms with Gasteiger partial charge in [0.25, 0.3) is 0 Å². The summed E-state index contributed by atoms with van der Waals surface area (Å²) < 4.78 is 0.